The molecule has 5 N–H and O–H groups in total. The van der Waals surface area contributed by atoms with E-state index in [1.54, 1.807) is 43.5 Å². The predicted octanol–water partition coefficient (Wildman–Crippen LogP) is 7.93. The van der Waals surface area contributed by atoms with Gasteiger partial charge in [0.1, 0.15) is 36.2 Å². The Balaban J connectivity index is 0.847. The van der Waals surface area contributed by atoms with E-state index in [-0.39, 0.29) is 42.0 Å². The lowest BCUT2D eigenvalue weighted by Crippen LogP contribution is -2.45. The van der Waals surface area contributed by atoms with Gasteiger partial charge >= 0.3 is 0 Å². The van der Waals surface area contributed by atoms with Gasteiger partial charge in [-0.25, -0.2) is 18.2 Å². The second kappa shape index (κ2) is 21.1. The number of rotatable bonds is 16. The van der Waals surface area contributed by atoms with Crippen molar-refractivity contribution in [2.75, 3.05) is 79.6 Å². The Labute approximate surface area is 407 Å². The highest BCUT2D eigenvalue weighted by Gasteiger charge is 2.35. The molecule has 0 aliphatic carbocycles. The maximum atomic E-state index is 15.2. The van der Waals surface area contributed by atoms with E-state index in [1.807, 2.05) is 6.92 Å². The molecule has 0 saturated carbocycles. The number of piperidine rings is 2. The van der Waals surface area contributed by atoms with Gasteiger partial charge in [0.15, 0.2) is 0 Å². The number of hydrogen-bond donors (Lipinski definition) is 5. The molecule has 3 fully saturated rings. The molecule has 15 nitrogen and oxygen atoms in total. The molecule has 0 spiro atoms. The van der Waals surface area contributed by atoms with Gasteiger partial charge in [-0.15, -0.1) is 0 Å². The molecule has 2 aromatic heterocycles. The van der Waals surface area contributed by atoms with Crippen LogP contribution in [0.25, 0.3) is 10.9 Å². The number of ether oxygens (including phenoxy) is 1. The SMILES string of the molecule is CCOc1cc(N2CCC(NCCNC(=O)[C@@H]3CCN(c4cc(F)c([C@H]5CCC(=O)NC5=O)c(F)c4)C3)CC2)c(CC)cc1Nc1ncc(Br)c(Nc2ccc3nc(C)c(F)cc3c2P(C)(C)=O)n1. The highest BCUT2D eigenvalue weighted by molar-refractivity contribution is 9.10. The molecule has 2 atom stereocenters. The highest BCUT2D eigenvalue weighted by Crippen LogP contribution is 2.43. The summed E-state index contributed by atoms with van der Waals surface area (Å²) in [6, 6.07) is 11.7. The molecule has 366 valence electrons. The van der Waals surface area contributed by atoms with Gasteiger partial charge in [-0.05, 0) is 117 Å². The van der Waals surface area contributed by atoms with Crippen molar-refractivity contribution in [3.8, 4) is 5.75 Å². The van der Waals surface area contributed by atoms with Gasteiger partial charge in [-0.2, -0.15) is 4.98 Å². The van der Waals surface area contributed by atoms with Gasteiger partial charge in [-0.3, -0.25) is 24.7 Å². The molecular formula is C49H57BrF3N10O5P. The van der Waals surface area contributed by atoms with Gasteiger partial charge in [-0.1, -0.05) is 6.92 Å². The molecule has 20 heteroatoms. The minimum atomic E-state index is -2.94. The highest BCUT2D eigenvalue weighted by atomic mass is 79.9. The minimum Gasteiger partial charge on any atom is -0.492 e. The first-order valence-corrected chi connectivity index (χ1v) is 26.8. The molecule has 3 saturated heterocycles. The molecule has 3 aliphatic rings. The molecule has 0 bridgehead atoms. The summed E-state index contributed by atoms with van der Waals surface area (Å²) < 4.78 is 65.5. The molecule has 8 rings (SSSR count). The number of anilines is 6. The van der Waals surface area contributed by atoms with Crippen molar-refractivity contribution >= 4 is 91.5 Å². The minimum absolute atomic E-state index is 0.0152. The molecule has 3 amide bonds. The second-order valence-electron chi connectivity index (χ2n) is 18.1. The summed E-state index contributed by atoms with van der Waals surface area (Å²) in [6.07, 6.45) is 4.77. The molecule has 3 aliphatic heterocycles. The van der Waals surface area contributed by atoms with Crippen LogP contribution in [-0.4, -0.2) is 97.9 Å². The Bertz CT molecular complexity index is 2820. The van der Waals surface area contributed by atoms with Crippen molar-refractivity contribution in [2.45, 2.75) is 71.3 Å². The lowest BCUT2D eigenvalue weighted by Gasteiger charge is -2.35. The van der Waals surface area contributed by atoms with E-state index in [4.69, 9.17) is 9.72 Å². The second-order valence-corrected chi connectivity index (χ2v) is 22.1. The van der Waals surface area contributed by atoms with E-state index in [9.17, 15) is 23.3 Å². The quantitative estimate of drug-likeness (QED) is 0.0366. The predicted molar refractivity (Wildman–Crippen MR) is 267 cm³/mol. The van der Waals surface area contributed by atoms with Crippen LogP contribution in [0.3, 0.4) is 0 Å². The number of nitrogens with one attached hydrogen (secondary N) is 5. The molecular weight excluding hydrogens is 976 g/mol. The largest absolute Gasteiger partial charge is 0.492 e. The van der Waals surface area contributed by atoms with Gasteiger partial charge in [0.2, 0.25) is 23.7 Å². The van der Waals surface area contributed by atoms with E-state index in [0.717, 1.165) is 43.6 Å². The molecule has 69 heavy (non-hydrogen) atoms. The molecule has 5 heterocycles. The number of amides is 3. The van der Waals surface area contributed by atoms with Crippen molar-refractivity contribution in [3.05, 3.63) is 87.4 Å². The van der Waals surface area contributed by atoms with E-state index < -0.39 is 42.3 Å². The van der Waals surface area contributed by atoms with Gasteiger partial charge in [0.05, 0.1) is 45.5 Å². The fraction of sp³-hybridized carbons (Fsp3) is 0.429. The standard InChI is InChI=1S/C49H57BrF3N10O5P/c1-6-28-20-40(59-49-56-25-34(50)46(61-49)58-39-10-9-38-33(45(39)69(4,5)67)23-35(51)27(3)57-38)42(68-7-2)24-41(28)62-18-13-30(14-19-62)54-15-16-55-47(65)29-12-17-63(26-29)31-21-36(52)44(37(53)22-31)32-8-11-43(64)60-48(32)66/h9-10,20-25,29-30,32,54H,6-8,11-19,26H2,1-5H3,(H,55,65)(H,60,64,66)(H2,56,58,59,61)/t29-,32-/m1/s1. The summed E-state index contributed by atoms with van der Waals surface area (Å²) in [5.74, 6) is -3.48. The zero-order valence-electron chi connectivity index (χ0n) is 39.3. The maximum Gasteiger partial charge on any atom is 0.234 e. The van der Waals surface area contributed by atoms with Crippen LogP contribution >= 0.6 is 23.1 Å². The summed E-state index contributed by atoms with van der Waals surface area (Å²) >= 11 is 3.56. The van der Waals surface area contributed by atoms with E-state index in [1.165, 1.54) is 18.2 Å². The molecule has 5 aromatic rings. The van der Waals surface area contributed by atoms with Gasteiger partial charge in [0, 0.05) is 91.6 Å². The Morgan fingerprint density at radius 1 is 0.913 bits per heavy atom. The smallest absolute Gasteiger partial charge is 0.234 e. The molecule has 3 aromatic carbocycles. The number of aryl methyl sites for hydroxylation is 2. The van der Waals surface area contributed by atoms with E-state index in [2.05, 4.69) is 76.4 Å². The van der Waals surface area contributed by atoms with Crippen LogP contribution in [0.5, 0.6) is 5.75 Å². The van der Waals surface area contributed by atoms with Crippen LogP contribution < -0.4 is 46.4 Å². The van der Waals surface area contributed by atoms with E-state index in [0.29, 0.717) is 94.5 Å². The van der Waals surface area contributed by atoms with Crippen LogP contribution in [0.4, 0.5) is 47.7 Å². The monoisotopic (exact) mass is 1030 g/mol. The number of nitrogens with zero attached hydrogens (tertiary/aromatic N) is 5. The van der Waals surface area contributed by atoms with Gasteiger partial charge in [0.25, 0.3) is 0 Å². The van der Waals surface area contributed by atoms with Crippen molar-refractivity contribution in [1.82, 2.24) is 30.9 Å². The summed E-state index contributed by atoms with van der Waals surface area (Å²) in [5.41, 5.74) is 4.22. The zero-order valence-corrected chi connectivity index (χ0v) is 41.8. The number of fused-ring (bicyclic) bond motifs is 1. The topological polar surface area (TPSA) is 183 Å². The normalized spacial score (nSPS) is 17.9. The number of carbonyl (C=O) groups is 3. The Morgan fingerprint density at radius 3 is 2.35 bits per heavy atom. The number of carbonyl (C=O) groups excluding carboxylic acids is 3. The van der Waals surface area contributed by atoms with Crippen molar-refractivity contribution in [2.24, 2.45) is 5.92 Å². The first kappa shape index (κ1) is 49.6. The average Bonchev–Trinajstić information content (AvgIpc) is 3.81. The first-order valence-electron chi connectivity index (χ1n) is 23.4. The Morgan fingerprint density at radius 2 is 1.65 bits per heavy atom. The average molecular weight is 1030 g/mol. The van der Waals surface area contributed by atoms with Crippen molar-refractivity contribution < 1.29 is 36.9 Å². The lowest BCUT2D eigenvalue weighted by molar-refractivity contribution is -0.134. The van der Waals surface area contributed by atoms with Gasteiger partial charge < -0.3 is 40.4 Å². The van der Waals surface area contributed by atoms with Crippen LogP contribution in [0.15, 0.2) is 53.1 Å². The number of benzene rings is 3. The third kappa shape index (κ3) is 11.2. The van der Waals surface area contributed by atoms with Crippen LogP contribution in [0.1, 0.15) is 68.7 Å². The van der Waals surface area contributed by atoms with E-state index >= 15 is 8.78 Å². The third-order valence-corrected chi connectivity index (χ3v) is 15.2. The molecule has 0 unspecified atom stereocenters. The summed E-state index contributed by atoms with van der Waals surface area (Å²) in [5, 5.41) is 16.4. The molecule has 0 radical (unpaired) electrons. The maximum absolute atomic E-state index is 15.2. The number of aromatic nitrogens is 3. The van der Waals surface area contributed by atoms with Crippen LogP contribution in [0, 0.1) is 30.3 Å². The first-order chi connectivity index (χ1) is 33.0. The van der Waals surface area contributed by atoms with Crippen molar-refractivity contribution in [1.29, 1.82) is 0 Å². The van der Waals surface area contributed by atoms with Crippen LogP contribution in [-0.2, 0) is 25.4 Å². The fourth-order valence-electron chi connectivity index (χ4n) is 9.51. The number of imide groups is 1. The lowest BCUT2D eigenvalue weighted by atomic mass is 9.89. The van der Waals surface area contributed by atoms with Crippen LogP contribution in [0.2, 0.25) is 0 Å². The summed E-state index contributed by atoms with van der Waals surface area (Å²) in [6.45, 7) is 12.8. The number of pyridine rings is 1. The van der Waals surface area contributed by atoms with Crippen molar-refractivity contribution in [3.63, 3.8) is 0 Å². The fourth-order valence-corrected chi connectivity index (χ4v) is 11.3. The number of halogens is 4. The Kier molecular flexibility index (Phi) is 15.2. The third-order valence-electron chi connectivity index (χ3n) is 13.0. The Hall–Kier alpha value is -5.78. The number of hydrogen-bond acceptors (Lipinski definition) is 13. The summed E-state index contributed by atoms with van der Waals surface area (Å²) in [4.78, 5) is 54.8. The zero-order chi connectivity index (χ0) is 49.1. The summed E-state index contributed by atoms with van der Waals surface area (Å²) in [7, 11) is -2.94.